The molecule has 4 atom stereocenters. The topological polar surface area (TPSA) is 145 Å². The van der Waals surface area contributed by atoms with Crippen molar-refractivity contribution in [3.63, 3.8) is 0 Å². The molecule has 1 unspecified atom stereocenters. The first-order chi connectivity index (χ1) is 21.8. The number of hydrogen-bond donors (Lipinski definition) is 2. The summed E-state index contributed by atoms with van der Waals surface area (Å²) in [5.41, 5.74) is 0.668. The lowest BCUT2D eigenvalue weighted by Crippen LogP contribution is -2.54. The number of carbonyl (C=O) groups excluding carboxylic acids is 2. The quantitative estimate of drug-likeness (QED) is 0.365. The van der Waals surface area contributed by atoms with Crippen LogP contribution in [0.2, 0.25) is 0 Å². The van der Waals surface area contributed by atoms with Gasteiger partial charge in [-0.15, -0.1) is 0 Å². The number of methoxy groups -OCH3 is 1. The third-order valence-corrected chi connectivity index (χ3v) is 11.0. The number of piperidine rings is 1. The molecule has 0 aliphatic carbocycles. The summed E-state index contributed by atoms with van der Waals surface area (Å²) < 4.78 is 31.7. The molecular formula is C32H48N6O7S. The molecule has 1 aromatic carbocycles. The van der Waals surface area contributed by atoms with E-state index in [9.17, 15) is 27.9 Å². The van der Waals surface area contributed by atoms with Crippen molar-refractivity contribution < 1.29 is 27.9 Å². The van der Waals surface area contributed by atoms with Gasteiger partial charge in [-0.2, -0.15) is 4.31 Å². The number of pyridine rings is 1. The molecular weight excluding hydrogens is 612 g/mol. The molecule has 3 aliphatic rings. The van der Waals surface area contributed by atoms with Crippen LogP contribution in [0.5, 0.6) is 0 Å². The number of ether oxygens (including phenoxy) is 1. The minimum Gasteiger partial charge on any atom is -0.453 e. The number of nitrogens with zero attached hydrogens (tertiary/aromatic N) is 5. The number of fused-ring (bicyclic) bond motifs is 3. The van der Waals surface area contributed by atoms with Crippen molar-refractivity contribution in [2.75, 3.05) is 65.7 Å². The summed E-state index contributed by atoms with van der Waals surface area (Å²) in [6.45, 7) is 7.29. The first kappa shape index (κ1) is 34.3. The Hall–Kier alpha value is -3.04. The SMILES string of the molecule is COC(=O)N(CCN1CCN(S(C)(=O)=O)CC1)CC(O)CN1[C@@H]2CC[C@H]1C[C@H](NC(=O)c1cc3ccccc3n(C(C)C)c1=O)C2. The number of nitrogens with one attached hydrogen (secondary N) is 1. The Morgan fingerprint density at radius 2 is 1.74 bits per heavy atom. The standard InChI is InChI=1S/C32H48N6O7S/c1-22(2)38-29-8-6-5-7-23(29)17-28(31(38)41)30(40)33-24-18-25-9-10-26(19-24)37(25)21-27(39)20-35(32(42)45-3)14-11-34-12-15-36(16-13-34)46(4,43)44/h5-8,17,22,24-27,39H,9-16,18-21H2,1-4H3,(H,33,40)/t24-,25-,26+,27?. The summed E-state index contributed by atoms with van der Waals surface area (Å²) in [7, 11) is -1.90. The Morgan fingerprint density at radius 3 is 2.35 bits per heavy atom. The van der Waals surface area contributed by atoms with Crippen LogP contribution in [-0.4, -0.2) is 139 Å². The van der Waals surface area contributed by atoms with E-state index in [0.717, 1.165) is 36.6 Å². The highest BCUT2D eigenvalue weighted by atomic mass is 32.2. The third-order valence-electron chi connectivity index (χ3n) is 9.70. The van der Waals surface area contributed by atoms with Gasteiger partial charge in [0, 0.05) is 70.0 Å². The van der Waals surface area contributed by atoms with Crippen LogP contribution in [0.3, 0.4) is 0 Å². The summed E-state index contributed by atoms with van der Waals surface area (Å²) in [6.07, 6.45) is 3.28. The zero-order valence-electron chi connectivity index (χ0n) is 27.3. The molecule has 0 saturated carbocycles. The molecule has 1 aromatic heterocycles. The van der Waals surface area contributed by atoms with Gasteiger partial charge >= 0.3 is 6.09 Å². The molecule has 254 valence electrons. The average molecular weight is 661 g/mol. The average Bonchev–Trinajstić information content (AvgIpc) is 3.23. The molecule has 2 N–H and O–H groups in total. The van der Waals surface area contributed by atoms with Crippen molar-refractivity contribution in [2.24, 2.45) is 0 Å². The van der Waals surface area contributed by atoms with E-state index in [1.807, 2.05) is 38.1 Å². The van der Waals surface area contributed by atoms with Gasteiger partial charge in [-0.05, 0) is 57.0 Å². The van der Waals surface area contributed by atoms with Gasteiger partial charge in [0.1, 0.15) is 5.56 Å². The fourth-order valence-electron chi connectivity index (χ4n) is 7.40. The molecule has 3 saturated heterocycles. The van der Waals surface area contributed by atoms with Gasteiger partial charge < -0.3 is 24.6 Å². The van der Waals surface area contributed by atoms with E-state index >= 15 is 0 Å². The lowest BCUT2D eigenvalue weighted by atomic mass is 9.96. The van der Waals surface area contributed by atoms with Crippen LogP contribution in [0.1, 0.15) is 55.9 Å². The zero-order chi connectivity index (χ0) is 33.2. The molecule has 46 heavy (non-hydrogen) atoms. The van der Waals surface area contributed by atoms with Gasteiger partial charge in [-0.1, -0.05) is 18.2 Å². The van der Waals surface area contributed by atoms with Crippen molar-refractivity contribution in [1.29, 1.82) is 0 Å². The largest absolute Gasteiger partial charge is 0.453 e. The summed E-state index contributed by atoms with van der Waals surface area (Å²) in [6, 6.07) is 9.48. The van der Waals surface area contributed by atoms with Crippen LogP contribution in [0.15, 0.2) is 35.1 Å². The number of carbonyl (C=O) groups is 2. The minimum absolute atomic E-state index is 0.0773. The van der Waals surface area contributed by atoms with E-state index in [1.54, 1.807) is 10.6 Å². The molecule has 2 bridgehead atoms. The fraction of sp³-hybridized carbons (Fsp3) is 0.656. The maximum absolute atomic E-state index is 13.4. The molecule has 0 spiro atoms. The van der Waals surface area contributed by atoms with Gasteiger partial charge in [0.05, 0.1) is 31.5 Å². The van der Waals surface area contributed by atoms with Crippen molar-refractivity contribution >= 4 is 32.9 Å². The Kier molecular flexibility index (Phi) is 10.7. The monoisotopic (exact) mass is 660 g/mol. The van der Waals surface area contributed by atoms with Crippen LogP contribution in [0.25, 0.3) is 10.9 Å². The number of sulfonamides is 1. The molecule has 3 aliphatic heterocycles. The van der Waals surface area contributed by atoms with Crippen LogP contribution < -0.4 is 10.9 Å². The molecule has 14 heteroatoms. The van der Waals surface area contributed by atoms with E-state index in [2.05, 4.69) is 15.1 Å². The van der Waals surface area contributed by atoms with Crippen LogP contribution in [0.4, 0.5) is 4.79 Å². The highest BCUT2D eigenvalue weighted by molar-refractivity contribution is 7.88. The summed E-state index contributed by atoms with van der Waals surface area (Å²) in [5.74, 6) is -0.352. The second-order valence-corrected chi connectivity index (χ2v) is 15.2. The molecule has 13 nitrogen and oxygen atoms in total. The predicted molar refractivity (Wildman–Crippen MR) is 175 cm³/mol. The van der Waals surface area contributed by atoms with Gasteiger partial charge in [0.25, 0.3) is 11.5 Å². The highest BCUT2D eigenvalue weighted by Gasteiger charge is 2.42. The Bertz CT molecular complexity index is 1560. The third kappa shape index (κ3) is 7.73. The molecule has 2 aromatic rings. The first-order valence-corrected chi connectivity index (χ1v) is 18.1. The Balaban J connectivity index is 1.15. The van der Waals surface area contributed by atoms with E-state index in [0.29, 0.717) is 45.8 Å². The molecule has 2 amide bonds. The Morgan fingerprint density at radius 1 is 1.09 bits per heavy atom. The van der Waals surface area contributed by atoms with Crippen molar-refractivity contribution in [3.8, 4) is 0 Å². The minimum atomic E-state index is -3.22. The van der Waals surface area contributed by atoms with E-state index < -0.39 is 22.2 Å². The molecule has 3 fully saturated rings. The normalized spacial score (nSPS) is 23.5. The number of para-hydroxylation sites is 1. The fourth-order valence-corrected chi connectivity index (χ4v) is 8.23. The molecule has 4 heterocycles. The number of piperazine rings is 1. The zero-order valence-corrected chi connectivity index (χ0v) is 28.1. The van der Waals surface area contributed by atoms with Gasteiger partial charge in [0.2, 0.25) is 10.0 Å². The number of aliphatic hydroxyl groups is 1. The maximum atomic E-state index is 13.4. The van der Waals surface area contributed by atoms with Crippen molar-refractivity contribution in [2.45, 2.75) is 69.8 Å². The second-order valence-electron chi connectivity index (χ2n) is 13.2. The van der Waals surface area contributed by atoms with E-state index in [1.165, 1.54) is 22.6 Å². The van der Waals surface area contributed by atoms with Crippen LogP contribution in [0, 0.1) is 0 Å². The molecule has 5 rings (SSSR count). The first-order valence-electron chi connectivity index (χ1n) is 16.2. The predicted octanol–water partition coefficient (Wildman–Crippen LogP) is 1.31. The highest BCUT2D eigenvalue weighted by Crippen LogP contribution is 2.36. The van der Waals surface area contributed by atoms with Gasteiger partial charge in [-0.3, -0.25) is 19.4 Å². The summed E-state index contributed by atoms with van der Waals surface area (Å²) in [5, 5.41) is 15.1. The van der Waals surface area contributed by atoms with Crippen LogP contribution in [-0.2, 0) is 14.8 Å². The number of aromatic nitrogens is 1. The lowest BCUT2D eigenvalue weighted by molar-refractivity contribution is 0.0292. The maximum Gasteiger partial charge on any atom is 0.409 e. The smallest absolute Gasteiger partial charge is 0.409 e. The van der Waals surface area contributed by atoms with Crippen molar-refractivity contribution in [3.05, 3.63) is 46.2 Å². The van der Waals surface area contributed by atoms with E-state index in [-0.39, 0.29) is 47.7 Å². The van der Waals surface area contributed by atoms with Gasteiger partial charge in [0.15, 0.2) is 0 Å². The van der Waals surface area contributed by atoms with E-state index in [4.69, 9.17) is 4.74 Å². The Labute approximate surface area is 271 Å². The number of aliphatic hydroxyl groups excluding tert-OH is 1. The lowest BCUT2D eigenvalue weighted by Gasteiger charge is -2.40. The number of benzene rings is 1. The van der Waals surface area contributed by atoms with Crippen LogP contribution >= 0.6 is 0 Å². The number of hydrogen-bond acceptors (Lipinski definition) is 9. The van der Waals surface area contributed by atoms with Crippen molar-refractivity contribution in [1.82, 2.24) is 28.9 Å². The summed E-state index contributed by atoms with van der Waals surface area (Å²) in [4.78, 5) is 45.3. The number of amides is 2. The van der Waals surface area contributed by atoms with Gasteiger partial charge in [-0.25, -0.2) is 13.2 Å². The number of rotatable bonds is 11. The summed E-state index contributed by atoms with van der Waals surface area (Å²) >= 11 is 0. The second kappa shape index (κ2) is 14.4. The molecule has 0 radical (unpaired) electrons.